The van der Waals surface area contributed by atoms with Gasteiger partial charge in [-0.3, -0.25) is 4.79 Å². The highest BCUT2D eigenvalue weighted by Gasteiger charge is 2.23. The van der Waals surface area contributed by atoms with Crippen LogP contribution in [0.4, 0.5) is 0 Å². The number of carbonyl (C=O) groups is 1. The Balaban J connectivity index is 2.31. The normalized spacial score (nSPS) is 21.5. The average molecular weight is 252 g/mol. The zero-order chi connectivity index (χ0) is 13.6. The van der Waals surface area contributed by atoms with Crippen molar-refractivity contribution < 1.29 is 9.90 Å². The van der Waals surface area contributed by atoms with Gasteiger partial charge in [-0.25, -0.2) is 0 Å². The fourth-order valence-corrected chi connectivity index (χ4v) is 2.41. The maximum absolute atomic E-state index is 10.6. The number of carboxylic acid groups (broad SMARTS) is 1. The first kappa shape index (κ1) is 15.0. The Morgan fingerprint density at radius 3 is 2.89 bits per heavy atom. The van der Waals surface area contributed by atoms with Gasteiger partial charge in [0.05, 0.1) is 11.5 Å². The molecule has 0 radical (unpaired) electrons. The van der Waals surface area contributed by atoms with Crippen molar-refractivity contribution in [1.82, 2.24) is 4.90 Å². The van der Waals surface area contributed by atoms with Gasteiger partial charge in [0.25, 0.3) is 0 Å². The fraction of sp³-hybridized carbons (Fsp3) is 0.857. The lowest BCUT2D eigenvalue weighted by molar-refractivity contribution is -0.137. The molecule has 0 amide bonds. The third-order valence-electron chi connectivity index (χ3n) is 3.73. The van der Waals surface area contributed by atoms with E-state index in [9.17, 15) is 4.79 Å². The molecule has 0 saturated carbocycles. The van der Waals surface area contributed by atoms with E-state index in [4.69, 9.17) is 10.4 Å². The Labute approximate surface area is 110 Å². The Morgan fingerprint density at radius 2 is 2.28 bits per heavy atom. The van der Waals surface area contributed by atoms with Crippen molar-refractivity contribution in [2.24, 2.45) is 11.3 Å². The molecule has 0 spiro atoms. The topological polar surface area (TPSA) is 64.3 Å². The highest BCUT2D eigenvalue weighted by atomic mass is 16.4. The molecule has 18 heavy (non-hydrogen) atoms. The minimum absolute atomic E-state index is 0.256. The first-order valence-corrected chi connectivity index (χ1v) is 6.78. The van der Waals surface area contributed by atoms with Crippen LogP contribution in [0.15, 0.2) is 0 Å². The van der Waals surface area contributed by atoms with Crippen LogP contribution in [-0.2, 0) is 4.79 Å². The van der Waals surface area contributed by atoms with Crippen LogP contribution in [-0.4, -0.2) is 35.6 Å². The average Bonchev–Trinajstić information content (AvgIpc) is 2.35. The molecule has 0 aromatic carbocycles. The van der Waals surface area contributed by atoms with Gasteiger partial charge in [0, 0.05) is 13.0 Å². The number of piperidine rings is 1. The second-order valence-corrected chi connectivity index (χ2v) is 5.99. The first-order valence-electron chi connectivity index (χ1n) is 6.78. The maximum atomic E-state index is 10.6. The minimum atomic E-state index is -0.697. The Morgan fingerprint density at radius 1 is 1.56 bits per heavy atom. The summed E-state index contributed by atoms with van der Waals surface area (Å²) in [5.41, 5.74) is -0.256. The van der Waals surface area contributed by atoms with E-state index in [1.165, 1.54) is 0 Å². The summed E-state index contributed by atoms with van der Waals surface area (Å²) in [6.07, 6.45) is 4.24. The van der Waals surface area contributed by atoms with Crippen molar-refractivity contribution in [2.45, 2.75) is 46.0 Å². The zero-order valence-corrected chi connectivity index (χ0v) is 11.5. The number of likely N-dealkylation sites (tertiary alicyclic amines) is 1. The van der Waals surface area contributed by atoms with Gasteiger partial charge < -0.3 is 10.0 Å². The van der Waals surface area contributed by atoms with Crippen molar-refractivity contribution in [3.8, 4) is 6.07 Å². The van der Waals surface area contributed by atoms with E-state index in [0.717, 1.165) is 45.3 Å². The summed E-state index contributed by atoms with van der Waals surface area (Å²) in [7, 11) is 0. The number of carboxylic acids is 1. The van der Waals surface area contributed by atoms with Gasteiger partial charge in [-0.05, 0) is 58.5 Å². The number of nitrogens with zero attached hydrogens (tertiary/aromatic N) is 2. The molecule has 4 heteroatoms. The Bertz CT molecular complexity index is 320. The lowest BCUT2D eigenvalue weighted by atomic mass is 9.89. The number of hydrogen-bond donors (Lipinski definition) is 1. The van der Waals surface area contributed by atoms with Gasteiger partial charge in [-0.15, -0.1) is 0 Å². The van der Waals surface area contributed by atoms with Crippen molar-refractivity contribution in [3.05, 3.63) is 0 Å². The molecule has 1 fully saturated rings. The van der Waals surface area contributed by atoms with Gasteiger partial charge in [0.1, 0.15) is 0 Å². The van der Waals surface area contributed by atoms with E-state index in [0.29, 0.717) is 5.92 Å². The van der Waals surface area contributed by atoms with E-state index in [1.54, 1.807) is 0 Å². The molecule has 0 aromatic heterocycles. The minimum Gasteiger partial charge on any atom is -0.481 e. The van der Waals surface area contributed by atoms with Crippen molar-refractivity contribution >= 4 is 5.97 Å². The molecule has 1 atom stereocenters. The van der Waals surface area contributed by atoms with Crippen molar-refractivity contribution in [3.63, 3.8) is 0 Å². The number of hydrogen-bond acceptors (Lipinski definition) is 3. The zero-order valence-electron chi connectivity index (χ0n) is 11.5. The fourth-order valence-electron chi connectivity index (χ4n) is 2.41. The van der Waals surface area contributed by atoms with E-state index < -0.39 is 5.97 Å². The van der Waals surface area contributed by atoms with Crippen molar-refractivity contribution in [1.29, 1.82) is 5.26 Å². The molecule has 1 heterocycles. The molecule has 1 aliphatic rings. The molecule has 1 unspecified atom stereocenters. The van der Waals surface area contributed by atoms with Crippen LogP contribution in [0.5, 0.6) is 0 Å². The van der Waals surface area contributed by atoms with Crippen LogP contribution in [0.3, 0.4) is 0 Å². The lowest BCUT2D eigenvalue weighted by Gasteiger charge is -2.33. The lowest BCUT2D eigenvalue weighted by Crippen LogP contribution is -2.37. The summed E-state index contributed by atoms with van der Waals surface area (Å²) in [6.45, 7) is 6.97. The molecule has 1 rings (SSSR count). The predicted molar refractivity (Wildman–Crippen MR) is 70.0 cm³/mol. The molecule has 1 N–H and O–H groups in total. The summed E-state index contributed by atoms with van der Waals surface area (Å²) in [5, 5.41) is 17.7. The summed E-state index contributed by atoms with van der Waals surface area (Å²) in [5.74, 6) is -0.183. The van der Waals surface area contributed by atoms with Crippen molar-refractivity contribution in [2.75, 3.05) is 19.6 Å². The monoisotopic (exact) mass is 252 g/mol. The quantitative estimate of drug-likeness (QED) is 0.789. The third-order valence-corrected chi connectivity index (χ3v) is 3.73. The van der Waals surface area contributed by atoms with Crippen LogP contribution in [0.1, 0.15) is 46.0 Å². The Hall–Kier alpha value is -1.08. The first-order chi connectivity index (χ1) is 8.43. The van der Waals surface area contributed by atoms with Gasteiger partial charge >= 0.3 is 5.97 Å². The largest absolute Gasteiger partial charge is 0.481 e. The van der Waals surface area contributed by atoms with E-state index in [-0.39, 0.29) is 11.8 Å². The summed E-state index contributed by atoms with van der Waals surface area (Å²) >= 11 is 0. The Kier molecular flexibility index (Phi) is 5.61. The number of nitriles is 1. The van der Waals surface area contributed by atoms with E-state index in [2.05, 4.69) is 11.0 Å². The second-order valence-electron chi connectivity index (χ2n) is 5.99. The SMILES string of the molecule is CC(C)(C#N)CCN1CCCC(CCC(=O)O)C1. The third kappa shape index (κ3) is 5.50. The molecule has 1 aliphatic heterocycles. The molecule has 102 valence electrons. The highest BCUT2D eigenvalue weighted by Crippen LogP contribution is 2.24. The highest BCUT2D eigenvalue weighted by molar-refractivity contribution is 5.66. The maximum Gasteiger partial charge on any atom is 0.303 e. The molecule has 1 saturated heterocycles. The second kappa shape index (κ2) is 6.75. The summed E-state index contributed by atoms with van der Waals surface area (Å²) in [6, 6.07) is 2.33. The smallest absolute Gasteiger partial charge is 0.303 e. The molecule has 0 bridgehead atoms. The van der Waals surface area contributed by atoms with Crippen LogP contribution < -0.4 is 0 Å². The molecule has 0 aliphatic carbocycles. The summed E-state index contributed by atoms with van der Waals surface area (Å²) < 4.78 is 0. The van der Waals surface area contributed by atoms with Crippen LogP contribution in [0, 0.1) is 22.7 Å². The predicted octanol–water partition coefficient (Wildman–Crippen LogP) is 2.50. The molecule has 0 aromatic rings. The standard InChI is InChI=1S/C14H24N2O2/c1-14(2,11-15)7-9-16-8-3-4-12(10-16)5-6-13(17)18/h12H,3-10H2,1-2H3,(H,17,18). The van der Waals surface area contributed by atoms with Gasteiger partial charge in [0.15, 0.2) is 0 Å². The van der Waals surface area contributed by atoms with Crippen LogP contribution in [0.2, 0.25) is 0 Å². The molecular formula is C14H24N2O2. The van der Waals surface area contributed by atoms with Gasteiger partial charge in [0.2, 0.25) is 0 Å². The number of aliphatic carboxylic acids is 1. The molecular weight excluding hydrogens is 228 g/mol. The molecule has 4 nitrogen and oxygen atoms in total. The number of rotatable bonds is 6. The van der Waals surface area contributed by atoms with Crippen LogP contribution >= 0.6 is 0 Å². The van der Waals surface area contributed by atoms with E-state index >= 15 is 0 Å². The van der Waals surface area contributed by atoms with Gasteiger partial charge in [-0.2, -0.15) is 5.26 Å². The van der Waals surface area contributed by atoms with E-state index in [1.807, 2.05) is 13.8 Å². The summed E-state index contributed by atoms with van der Waals surface area (Å²) in [4.78, 5) is 13.0. The van der Waals surface area contributed by atoms with Gasteiger partial charge in [-0.1, -0.05) is 0 Å². The van der Waals surface area contributed by atoms with Crippen LogP contribution in [0.25, 0.3) is 0 Å².